The monoisotopic (exact) mass is 265 g/mol. The highest BCUT2D eigenvalue weighted by molar-refractivity contribution is 7.80. The van der Waals surface area contributed by atoms with Crippen LogP contribution in [0.3, 0.4) is 0 Å². The highest BCUT2D eigenvalue weighted by Crippen LogP contribution is 2.05. The van der Waals surface area contributed by atoms with Crippen molar-refractivity contribution in [2.24, 2.45) is 5.73 Å². The van der Waals surface area contributed by atoms with Gasteiger partial charge >= 0.3 is 0 Å². The van der Waals surface area contributed by atoms with Gasteiger partial charge in [0.15, 0.2) is 5.11 Å². The number of primary amides is 1. The summed E-state index contributed by atoms with van der Waals surface area (Å²) in [6, 6.07) is 10.0. The Balaban J connectivity index is 2.64. The summed E-state index contributed by atoms with van der Waals surface area (Å²) < 4.78 is 0. The highest BCUT2D eigenvalue weighted by atomic mass is 32.1. The zero-order valence-electron chi connectivity index (χ0n) is 10.6. The average Bonchev–Trinajstić information content (AvgIpc) is 2.35. The summed E-state index contributed by atoms with van der Waals surface area (Å²) in [5.41, 5.74) is 6.33. The fraction of sp³-hybridized carbons (Fsp3) is 0.385. The van der Waals surface area contributed by atoms with Crippen LogP contribution in [-0.4, -0.2) is 29.0 Å². The van der Waals surface area contributed by atoms with E-state index >= 15 is 0 Å². The summed E-state index contributed by atoms with van der Waals surface area (Å²) in [4.78, 5) is 12.8. The first-order valence-electron chi connectivity index (χ1n) is 5.98. The molecule has 0 radical (unpaired) electrons. The zero-order chi connectivity index (χ0) is 13.4. The molecule has 0 atom stereocenters. The van der Waals surface area contributed by atoms with Crippen LogP contribution in [-0.2, 0) is 11.3 Å². The first-order valence-corrected chi connectivity index (χ1v) is 6.39. The van der Waals surface area contributed by atoms with E-state index in [0.29, 0.717) is 24.6 Å². The first kappa shape index (κ1) is 14.4. The van der Waals surface area contributed by atoms with Crippen LogP contribution in [0, 0.1) is 0 Å². The van der Waals surface area contributed by atoms with E-state index in [-0.39, 0.29) is 5.91 Å². The van der Waals surface area contributed by atoms with Gasteiger partial charge in [-0.3, -0.25) is 4.79 Å². The molecule has 1 aromatic rings. The number of nitrogens with two attached hydrogens (primary N) is 1. The molecule has 0 aliphatic rings. The summed E-state index contributed by atoms with van der Waals surface area (Å²) in [6.07, 6.45) is 0.304. The summed E-state index contributed by atoms with van der Waals surface area (Å²) in [5, 5.41) is 3.75. The fourth-order valence-corrected chi connectivity index (χ4v) is 1.86. The number of amides is 1. The maximum atomic E-state index is 10.9. The van der Waals surface area contributed by atoms with E-state index in [1.807, 2.05) is 42.2 Å². The van der Waals surface area contributed by atoms with E-state index < -0.39 is 0 Å². The second kappa shape index (κ2) is 7.66. The van der Waals surface area contributed by atoms with Gasteiger partial charge < -0.3 is 16.0 Å². The minimum atomic E-state index is -0.313. The molecule has 98 valence electrons. The van der Waals surface area contributed by atoms with Gasteiger partial charge in [0.05, 0.1) is 0 Å². The van der Waals surface area contributed by atoms with Crippen molar-refractivity contribution in [3.63, 3.8) is 0 Å². The Morgan fingerprint density at radius 2 is 2.06 bits per heavy atom. The normalized spacial score (nSPS) is 9.83. The van der Waals surface area contributed by atoms with Crippen molar-refractivity contribution < 1.29 is 4.79 Å². The number of thiocarbonyl (C=S) groups is 1. The van der Waals surface area contributed by atoms with Crippen molar-refractivity contribution in [1.29, 1.82) is 0 Å². The second-order valence-electron chi connectivity index (χ2n) is 3.96. The lowest BCUT2D eigenvalue weighted by Gasteiger charge is -2.25. The lowest BCUT2D eigenvalue weighted by atomic mass is 10.2. The van der Waals surface area contributed by atoms with Gasteiger partial charge in [-0.25, -0.2) is 0 Å². The molecule has 0 spiro atoms. The van der Waals surface area contributed by atoms with Crippen LogP contribution in [0.5, 0.6) is 0 Å². The molecule has 0 saturated heterocycles. The van der Waals surface area contributed by atoms with E-state index in [9.17, 15) is 4.79 Å². The third-order valence-electron chi connectivity index (χ3n) is 2.46. The molecule has 0 aliphatic carbocycles. The van der Waals surface area contributed by atoms with Crippen molar-refractivity contribution >= 4 is 23.2 Å². The third kappa shape index (κ3) is 5.14. The number of hydrogen-bond donors (Lipinski definition) is 2. The molecule has 0 saturated carbocycles. The number of hydrogen-bond acceptors (Lipinski definition) is 2. The molecule has 1 amide bonds. The molecule has 0 aliphatic heterocycles. The molecule has 4 nitrogen and oxygen atoms in total. The smallest absolute Gasteiger partial charge is 0.219 e. The van der Waals surface area contributed by atoms with Crippen LogP contribution >= 0.6 is 12.2 Å². The minimum Gasteiger partial charge on any atom is -0.370 e. The zero-order valence-corrected chi connectivity index (χ0v) is 11.4. The maximum absolute atomic E-state index is 10.9. The number of nitrogens with one attached hydrogen (secondary N) is 1. The molecule has 0 aromatic heterocycles. The number of rotatable bonds is 6. The molecule has 0 unspecified atom stereocenters. The van der Waals surface area contributed by atoms with E-state index in [0.717, 1.165) is 12.1 Å². The van der Waals surface area contributed by atoms with E-state index in [4.69, 9.17) is 18.0 Å². The summed E-state index contributed by atoms with van der Waals surface area (Å²) in [7, 11) is 0. The molecule has 0 fully saturated rings. The molecule has 3 N–H and O–H groups in total. The van der Waals surface area contributed by atoms with E-state index in [2.05, 4.69) is 5.32 Å². The van der Waals surface area contributed by atoms with Crippen molar-refractivity contribution in [1.82, 2.24) is 10.2 Å². The quantitative estimate of drug-likeness (QED) is 0.760. The molecular formula is C13H19N3OS. The number of nitrogens with zero attached hydrogens (tertiary/aromatic N) is 1. The Hall–Kier alpha value is -1.62. The maximum Gasteiger partial charge on any atom is 0.219 e. The lowest BCUT2D eigenvalue weighted by Crippen LogP contribution is -2.40. The van der Waals surface area contributed by atoms with Gasteiger partial charge in [0.25, 0.3) is 0 Å². The topological polar surface area (TPSA) is 58.4 Å². The Morgan fingerprint density at radius 1 is 1.39 bits per heavy atom. The second-order valence-corrected chi connectivity index (χ2v) is 4.35. The molecular weight excluding hydrogens is 246 g/mol. The molecule has 1 rings (SSSR count). The minimum absolute atomic E-state index is 0.304. The van der Waals surface area contributed by atoms with Crippen LogP contribution in [0.4, 0.5) is 0 Å². The Labute approximate surface area is 113 Å². The molecule has 0 heterocycles. The van der Waals surface area contributed by atoms with Crippen molar-refractivity contribution in [3.8, 4) is 0 Å². The molecule has 1 aromatic carbocycles. The molecule has 5 heteroatoms. The lowest BCUT2D eigenvalue weighted by molar-refractivity contribution is -0.118. The third-order valence-corrected chi connectivity index (χ3v) is 2.86. The summed E-state index contributed by atoms with van der Waals surface area (Å²) in [5.74, 6) is -0.313. The standard InChI is InChI=1S/C13H19N3OS/c1-2-15-13(18)16(9-8-12(14)17)10-11-6-4-3-5-7-11/h3-7H,2,8-10H2,1H3,(H2,14,17)(H,15,18). The van der Waals surface area contributed by atoms with Crippen LogP contribution in [0.15, 0.2) is 30.3 Å². The van der Waals surface area contributed by atoms with E-state index in [1.54, 1.807) is 0 Å². The fourth-order valence-electron chi connectivity index (χ4n) is 1.56. The largest absolute Gasteiger partial charge is 0.370 e. The van der Waals surface area contributed by atoms with Gasteiger partial charge in [0.1, 0.15) is 0 Å². The van der Waals surface area contributed by atoms with Gasteiger partial charge in [-0.15, -0.1) is 0 Å². The van der Waals surface area contributed by atoms with Gasteiger partial charge in [-0.2, -0.15) is 0 Å². The highest BCUT2D eigenvalue weighted by Gasteiger charge is 2.10. The predicted octanol–water partition coefficient (Wildman–Crippen LogP) is 1.26. The predicted molar refractivity (Wildman–Crippen MR) is 76.9 cm³/mol. The van der Waals surface area contributed by atoms with E-state index in [1.165, 1.54) is 0 Å². The first-order chi connectivity index (χ1) is 8.63. The number of carbonyl (C=O) groups is 1. The Kier molecular flexibility index (Phi) is 6.14. The Bertz CT molecular complexity index is 394. The van der Waals surface area contributed by atoms with Crippen LogP contribution < -0.4 is 11.1 Å². The van der Waals surface area contributed by atoms with Gasteiger partial charge in [0, 0.05) is 26.1 Å². The van der Waals surface area contributed by atoms with Gasteiger partial charge in [-0.05, 0) is 24.7 Å². The van der Waals surface area contributed by atoms with Crippen LogP contribution in [0.25, 0.3) is 0 Å². The summed E-state index contributed by atoms with van der Waals surface area (Å²) >= 11 is 5.29. The van der Waals surface area contributed by atoms with Crippen molar-refractivity contribution in [3.05, 3.63) is 35.9 Å². The summed E-state index contributed by atoms with van der Waals surface area (Å²) in [6.45, 7) is 3.97. The SMILES string of the molecule is CCNC(=S)N(CCC(N)=O)Cc1ccccc1. The van der Waals surface area contributed by atoms with Crippen LogP contribution in [0.2, 0.25) is 0 Å². The van der Waals surface area contributed by atoms with Gasteiger partial charge in [-0.1, -0.05) is 30.3 Å². The van der Waals surface area contributed by atoms with Crippen LogP contribution in [0.1, 0.15) is 18.9 Å². The molecule has 0 bridgehead atoms. The van der Waals surface area contributed by atoms with Gasteiger partial charge in [0.2, 0.25) is 5.91 Å². The van der Waals surface area contributed by atoms with Crippen molar-refractivity contribution in [2.45, 2.75) is 19.9 Å². The molecule has 18 heavy (non-hydrogen) atoms. The number of benzene rings is 1. The number of carbonyl (C=O) groups excluding carboxylic acids is 1. The Morgan fingerprint density at radius 3 is 2.61 bits per heavy atom. The van der Waals surface area contributed by atoms with Crippen molar-refractivity contribution in [2.75, 3.05) is 13.1 Å². The average molecular weight is 265 g/mol.